The zero-order valence-corrected chi connectivity index (χ0v) is 17.5. The van der Waals surface area contributed by atoms with Crippen molar-refractivity contribution in [1.82, 2.24) is 9.21 Å². The second kappa shape index (κ2) is 9.02. The number of benzene rings is 2. The number of hydrogen-bond acceptors (Lipinski definition) is 4. The highest BCUT2D eigenvalue weighted by molar-refractivity contribution is 7.89. The molecule has 0 unspecified atom stereocenters. The molecule has 1 fully saturated rings. The molecular formula is C21H26FN3O3S. The zero-order chi connectivity index (χ0) is 21.0. The molecule has 0 N–H and O–H groups in total. The third-order valence-electron chi connectivity index (χ3n) is 4.94. The van der Waals surface area contributed by atoms with Crippen LogP contribution in [0.5, 0.6) is 0 Å². The first-order valence-corrected chi connectivity index (χ1v) is 11.1. The Balaban J connectivity index is 1.63. The van der Waals surface area contributed by atoms with E-state index in [2.05, 4.69) is 0 Å². The molecule has 1 heterocycles. The minimum Gasteiger partial charge on any atom is -0.309 e. The first kappa shape index (κ1) is 21.4. The van der Waals surface area contributed by atoms with Crippen molar-refractivity contribution in [2.75, 3.05) is 37.6 Å². The molecule has 0 aliphatic carbocycles. The third kappa shape index (κ3) is 5.01. The predicted octanol–water partition coefficient (Wildman–Crippen LogP) is 2.57. The monoisotopic (exact) mass is 419 g/mol. The van der Waals surface area contributed by atoms with Gasteiger partial charge in [0.15, 0.2) is 0 Å². The van der Waals surface area contributed by atoms with E-state index < -0.39 is 15.8 Å². The van der Waals surface area contributed by atoms with E-state index in [-0.39, 0.29) is 36.5 Å². The SMILES string of the molecule is CC(C)N(C(=O)CN1CCN(S(=O)(=O)c2cccc(F)c2)CC1)c1ccccc1. The Bertz CT molecular complexity index is 943. The van der Waals surface area contributed by atoms with Crippen LogP contribution in [0.3, 0.4) is 0 Å². The Morgan fingerprint density at radius 1 is 1.03 bits per heavy atom. The van der Waals surface area contributed by atoms with E-state index in [0.29, 0.717) is 13.1 Å². The first-order valence-electron chi connectivity index (χ1n) is 9.64. The highest BCUT2D eigenvalue weighted by Crippen LogP contribution is 2.20. The summed E-state index contributed by atoms with van der Waals surface area (Å²) in [5.41, 5.74) is 0.847. The summed E-state index contributed by atoms with van der Waals surface area (Å²) in [4.78, 5) is 16.6. The van der Waals surface area contributed by atoms with Crippen LogP contribution in [0.4, 0.5) is 10.1 Å². The lowest BCUT2D eigenvalue weighted by Crippen LogP contribution is -2.52. The average molecular weight is 420 g/mol. The first-order chi connectivity index (χ1) is 13.8. The molecule has 1 aliphatic rings. The van der Waals surface area contributed by atoms with Gasteiger partial charge in [-0.15, -0.1) is 0 Å². The van der Waals surface area contributed by atoms with Crippen LogP contribution in [0, 0.1) is 5.82 Å². The number of sulfonamides is 1. The van der Waals surface area contributed by atoms with Crippen LogP contribution in [0.15, 0.2) is 59.5 Å². The summed E-state index contributed by atoms with van der Waals surface area (Å²) in [6.45, 7) is 5.57. The summed E-state index contributed by atoms with van der Waals surface area (Å²) >= 11 is 0. The van der Waals surface area contributed by atoms with E-state index in [4.69, 9.17) is 0 Å². The number of rotatable bonds is 6. The van der Waals surface area contributed by atoms with Crippen LogP contribution in [0.25, 0.3) is 0 Å². The van der Waals surface area contributed by atoms with Crippen LogP contribution in [-0.4, -0.2) is 62.3 Å². The maximum atomic E-state index is 13.4. The van der Waals surface area contributed by atoms with E-state index in [1.807, 2.05) is 49.1 Å². The maximum absolute atomic E-state index is 13.4. The molecule has 29 heavy (non-hydrogen) atoms. The summed E-state index contributed by atoms with van der Waals surface area (Å²) in [5.74, 6) is -0.599. The molecular weight excluding hydrogens is 393 g/mol. The van der Waals surface area contributed by atoms with Crippen LogP contribution in [0.2, 0.25) is 0 Å². The highest BCUT2D eigenvalue weighted by atomic mass is 32.2. The molecule has 0 radical (unpaired) electrons. The molecule has 8 heteroatoms. The van der Waals surface area contributed by atoms with Gasteiger partial charge in [0.2, 0.25) is 15.9 Å². The van der Waals surface area contributed by atoms with Gasteiger partial charge in [-0.1, -0.05) is 24.3 Å². The fourth-order valence-corrected chi connectivity index (χ4v) is 4.94. The van der Waals surface area contributed by atoms with Crippen LogP contribution >= 0.6 is 0 Å². The van der Waals surface area contributed by atoms with Gasteiger partial charge in [0, 0.05) is 37.9 Å². The van der Waals surface area contributed by atoms with E-state index in [1.54, 1.807) is 4.90 Å². The summed E-state index contributed by atoms with van der Waals surface area (Å²) in [5, 5.41) is 0. The summed E-state index contributed by atoms with van der Waals surface area (Å²) < 4.78 is 40.2. The predicted molar refractivity (Wildman–Crippen MR) is 111 cm³/mol. The molecule has 1 amide bonds. The van der Waals surface area contributed by atoms with Gasteiger partial charge in [-0.3, -0.25) is 9.69 Å². The van der Waals surface area contributed by atoms with Gasteiger partial charge in [0.05, 0.1) is 11.4 Å². The lowest BCUT2D eigenvalue weighted by molar-refractivity contribution is -0.120. The van der Waals surface area contributed by atoms with Crippen LogP contribution in [-0.2, 0) is 14.8 Å². The van der Waals surface area contributed by atoms with Crippen molar-refractivity contribution >= 4 is 21.6 Å². The van der Waals surface area contributed by atoms with Crippen molar-refractivity contribution < 1.29 is 17.6 Å². The minimum absolute atomic E-state index is 0.0135. The topological polar surface area (TPSA) is 60.9 Å². The Morgan fingerprint density at radius 2 is 1.69 bits per heavy atom. The zero-order valence-electron chi connectivity index (χ0n) is 16.7. The number of halogens is 1. The van der Waals surface area contributed by atoms with E-state index in [9.17, 15) is 17.6 Å². The number of para-hydroxylation sites is 1. The number of carbonyl (C=O) groups excluding carboxylic acids is 1. The normalized spacial score (nSPS) is 16.1. The fourth-order valence-electron chi connectivity index (χ4n) is 3.49. The van der Waals surface area contributed by atoms with Gasteiger partial charge in [0.25, 0.3) is 0 Å². The van der Waals surface area contributed by atoms with Crippen molar-refractivity contribution in [3.63, 3.8) is 0 Å². The largest absolute Gasteiger partial charge is 0.309 e. The minimum atomic E-state index is -3.74. The Morgan fingerprint density at radius 3 is 2.28 bits per heavy atom. The number of amides is 1. The third-order valence-corrected chi connectivity index (χ3v) is 6.84. The van der Waals surface area contributed by atoms with Crippen molar-refractivity contribution in [1.29, 1.82) is 0 Å². The molecule has 2 aromatic carbocycles. The summed E-state index contributed by atoms with van der Waals surface area (Å²) in [7, 11) is -3.74. The quantitative estimate of drug-likeness (QED) is 0.722. The Kier molecular flexibility index (Phi) is 6.66. The smallest absolute Gasteiger partial charge is 0.243 e. The molecule has 0 atom stereocenters. The molecule has 3 rings (SSSR count). The van der Waals surface area contributed by atoms with E-state index >= 15 is 0 Å². The van der Waals surface area contributed by atoms with Gasteiger partial charge < -0.3 is 4.90 Å². The van der Waals surface area contributed by atoms with E-state index in [1.165, 1.54) is 22.5 Å². The molecule has 0 saturated carbocycles. The van der Waals surface area contributed by atoms with Crippen molar-refractivity contribution in [3.05, 3.63) is 60.4 Å². The van der Waals surface area contributed by atoms with Crippen LogP contribution < -0.4 is 4.90 Å². The Hall–Kier alpha value is -2.29. The average Bonchev–Trinajstić information content (AvgIpc) is 2.69. The van der Waals surface area contributed by atoms with Gasteiger partial charge in [0.1, 0.15) is 5.82 Å². The number of nitrogens with zero attached hydrogens (tertiary/aromatic N) is 3. The number of anilines is 1. The summed E-state index contributed by atoms with van der Waals surface area (Å²) in [6.07, 6.45) is 0. The van der Waals surface area contributed by atoms with Crippen molar-refractivity contribution in [2.24, 2.45) is 0 Å². The second-order valence-electron chi connectivity index (χ2n) is 7.33. The molecule has 1 saturated heterocycles. The van der Waals surface area contributed by atoms with Gasteiger partial charge >= 0.3 is 0 Å². The second-order valence-corrected chi connectivity index (χ2v) is 9.27. The van der Waals surface area contributed by atoms with Crippen molar-refractivity contribution in [3.8, 4) is 0 Å². The highest BCUT2D eigenvalue weighted by Gasteiger charge is 2.30. The Labute approximate surface area is 171 Å². The molecule has 0 spiro atoms. The lowest BCUT2D eigenvalue weighted by Gasteiger charge is -2.35. The molecule has 0 aromatic heterocycles. The van der Waals surface area contributed by atoms with Gasteiger partial charge in [-0.2, -0.15) is 4.31 Å². The number of carbonyl (C=O) groups is 1. The summed E-state index contributed by atoms with van der Waals surface area (Å²) in [6, 6.07) is 14.6. The number of piperazine rings is 1. The van der Waals surface area contributed by atoms with E-state index in [0.717, 1.165) is 11.8 Å². The van der Waals surface area contributed by atoms with Gasteiger partial charge in [-0.25, -0.2) is 12.8 Å². The lowest BCUT2D eigenvalue weighted by atomic mass is 10.2. The van der Waals surface area contributed by atoms with Crippen LogP contribution in [0.1, 0.15) is 13.8 Å². The molecule has 156 valence electrons. The molecule has 1 aliphatic heterocycles. The molecule has 0 bridgehead atoms. The van der Waals surface area contributed by atoms with Crippen molar-refractivity contribution in [2.45, 2.75) is 24.8 Å². The maximum Gasteiger partial charge on any atom is 0.243 e. The standard InChI is InChI=1S/C21H26FN3O3S/c1-17(2)25(19-8-4-3-5-9-19)21(26)16-23-11-13-24(14-12-23)29(27,28)20-10-6-7-18(22)15-20/h3-10,15,17H,11-14,16H2,1-2H3. The van der Waals surface area contributed by atoms with Gasteiger partial charge in [-0.05, 0) is 44.2 Å². The fraction of sp³-hybridized carbons (Fsp3) is 0.381. The number of hydrogen-bond donors (Lipinski definition) is 0. The molecule has 6 nitrogen and oxygen atoms in total. The molecule has 2 aromatic rings.